The van der Waals surface area contributed by atoms with Crippen molar-refractivity contribution in [1.29, 1.82) is 0 Å². The molecule has 252 valence electrons. The third-order valence-corrected chi connectivity index (χ3v) is 9.44. The highest BCUT2D eigenvalue weighted by molar-refractivity contribution is 9.10. The molecule has 2 aromatic carbocycles. The maximum Gasteiger partial charge on any atom is 0.275 e. The number of ether oxygens (including phenoxy) is 2. The molecule has 6 rings (SSSR count). The molecule has 0 bridgehead atoms. The van der Waals surface area contributed by atoms with E-state index in [1.165, 1.54) is 0 Å². The van der Waals surface area contributed by atoms with Crippen LogP contribution in [0.3, 0.4) is 0 Å². The third-order valence-electron chi connectivity index (χ3n) is 8.38. The molecule has 1 aromatic heterocycles. The maximum atomic E-state index is 13.9. The molecule has 9 nitrogen and oxygen atoms in total. The molecule has 0 radical (unpaired) electrons. The van der Waals surface area contributed by atoms with Gasteiger partial charge >= 0.3 is 0 Å². The van der Waals surface area contributed by atoms with Crippen molar-refractivity contribution in [3.05, 3.63) is 56.1 Å². The van der Waals surface area contributed by atoms with Gasteiger partial charge in [0.25, 0.3) is 5.91 Å². The number of nitrogens with zero attached hydrogens (tertiary/aromatic N) is 3. The SMILES string of the molecule is CC.CC1(C)CC(O)CCN1.COc1cc2c(cc1Br)-c1c(c(C(=O)N3CCC(O)CC3(C)C)nn1-c1cc(Cl)cc(Cl)c1)CO2. The molecule has 0 spiro atoms. The van der Waals surface area contributed by atoms with Crippen LogP contribution in [0.5, 0.6) is 11.5 Å². The third kappa shape index (κ3) is 8.02. The number of hydrogen-bond donors (Lipinski definition) is 3. The Morgan fingerprint density at radius 1 is 1.04 bits per heavy atom. The first-order chi connectivity index (χ1) is 21.7. The molecule has 12 heteroatoms. The fourth-order valence-corrected chi connectivity index (χ4v) is 7.26. The summed E-state index contributed by atoms with van der Waals surface area (Å²) >= 11 is 16.2. The second-order valence-electron chi connectivity index (χ2n) is 12.9. The van der Waals surface area contributed by atoms with Crippen LogP contribution in [0, 0.1) is 0 Å². The monoisotopic (exact) mass is 738 g/mol. The number of fused-ring (bicyclic) bond motifs is 3. The van der Waals surface area contributed by atoms with E-state index in [2.05, 4.69) is 35.1 Å². The molecular formula is C34H45BrCl2N4O5. The molecule has 4 heterocycles. The first-order valence-corrected chi connectivity index (χ1v) is 17.3. The Morgan fingerprint density at radius 3 is 2.26 bits per heavy atom. The lowest BCUT2D eigenvalue weighted by molar-refractivity contribution is 0.00275. The largest absolute Gasteiger partial charge is 0.495 e. The van der Waals surface area contributed by atoms with Gasteiger partial charge in [-0.2, -0.15) is 5.10 Å². The van der Waals surface area contributed by atoms with Crippen LogP contribution in [0.4, 0.5) is 0 Å². The van der Waals surface area contributed by atoms with Gasteiger partial charge in [0.05, 0.1) is 35.2 Å². The van der Waals surface area contributed by atoms with Crippen LogP contribution in [-0.4, -0.2) is 74.3 Å². The Bertz CT molecular complexity index is 1540. The van der Waals surface area contributed by atoms with E-state index in [9.17, 15) is 15.0 Å². The minimum atomic E-state index is -0.519. The first kappa shape index (κ1) is 36.5. The zero-order chi connectivity index (χ0) is 34.0. The molecule has 2 saturated heterocycles. The van der Waals surface area contributed by atoms with E-state index in [0.717, 1.165) is 35.1 Å². The number of piperidine rings is 2. The number of amides is 1. The lowest BCUT2D eigenvalue weighted by atomic mass is 9.88. The summed E-state index contributed by atoms with van der Waals surface area (Å²) in [5.74, 6) is 1.05. The molecule has 2 unspecified atom stereocenters. The van der Waals surface area contributed by atoms with Gasteiger partial charge in [0.2, 0.25) is 0 Å². The average Bonchev–Trinajstić information content (AvgIpc) is 3.37. The first-order valence-electron chi connectivity index (χ1n) is 15.7. The predicted octanol–water partition coefficient (Wildman–Crippen LogP) is 7.42. The number of aliphatic hydroxyl groups excluding tert-OH is 2. The molecule has 3 aromatic rings. The number of rotatable bonds is 3. The number of nitrogens with one attached hydrogen (secondary N) is 1. The van der Waals surface area contributed by atoms with E-state index in [4.69, 9.17) is 37.8 Å². The summed E-state index contributed by atoms with van der Waals surface area (Å²) < 4.78 is 14.0. The van der Waals surface area contributed by atoms with Gasteiger partial charge in [0.15, 0.2) is 5.69 Å². The van der Waals surface area contributed by atoms with Crippen molar-refractivity contribution < 1.29 is 24.5 Å². The molecule has 1 amide bonds. The van der Waals surface area contributed by atoms with Crippen molar-refractivity contribution in [1.82, 2.24) is 20.0 Å². The van der Waals surface area contributed by atoms with Crippen LogP contribution in [0.15, 0.2) is 34.8 Å². The van der Waals surface area contributed by atoms with Crippen molar-refractivity contribution >= 4 is 45.0 Å². The Morgan fingerprint density at radius 2 is 1.70 bits per heavy atom. The number of likely N-dealkylation sites (tertiary alicyclic amines) is 1. The number of aromatic nitrogens is 2. The smallest absolute Gasteiger partial charge is 0.275 e. The number of benzene rings is 2. The lowest BCUT2D eigenvalue weighted by Crippen LogP contribution is -2.54. The highest BCUT2D eigenvalue weighted by atomic mass is 79.9. The van der Waals surface area contributed by atoms with E-state index in [1.54, 1.807) is 41.0 Å². The van der Waals surface area contributed by atoms with Crippen molar-refractivity contribution in [3.63, 3.8) is 0 Å². The van der Waals surface area contributed by atoms with E-state index >= 15 is 0 Å². The van der Waals surface area contributed by atoms with E-state index in [0.29, 0.717) is 57.9 Å². The molecule has 3 aliphatic rings. The van der Waals surface area contributed by atoms with Crippen LogP contribution in [-0.2, 0) is 6.61 Å². The van der Waals surface area contributed by atoms with Crippen LogP contribution in [0.25, 0.3) is 16.9 Å². The van der Waals surface area contributed by atoms with Crippen LogP contribution < -0.4 is 14.8 Å². The van der Waals surface area contributed by atoms with Crippen LogP contribution in [0.2, 0.25) is 10.0 Å². The lowest BCUT2D eigenvalue weighted by Gasteiger charge is -2.44. The topological polar surface area (TPSA) is 109 Å². The number of carbonyl (C=O) groups is 1. The van der Waals surface area contributed by atoms with Gasteiger partial charge in [-0.1, -0.05) is 37.0 Å². The number of halogens is 3. The second-order valence-corrected chi connectivity index (χ2v) is 14.6. The predicted molar refractivity (Wildman–Crippen MR) is 187 cm³/mol. The summed E-state index contributed by atoms with van der Waals surface area (Å²) in [6, 6.07) is 8.86. The summed E-state index contributed by atoms with van der Waals surface area (Å²) in [6.07, 6.45) is 2.29. The van der Waals surface area contributed by atoms with Crippen molar-refractivity contribution in [3.8, 4) is 28.4 Å². The van der Waals surface area contributed by atoms with Gasteiger partial charge < -0.3 is 29.9 Å². The van der Waals surface area contributed by atoms with Gasteiger partial charge in [0, 0.05) is 44.9 Å². The van der Waals surface area contributed by atoms with Gasteiger partial charge in [-0.3, -0.25) is 4.79 Å². The normalized spacial score (nSPS) is 20.9. The standard InChI is InChI=1S/C25H24BrCl2N3O4.C7H15NO.C2H6/c1-25(2)11-16(32)4-5-30(25)24(33)22-18-12-35-20-10-21(34-3)19(26)9-17(20)23(18)31(29-22)15-7-13(27)6-14(28)8-15;1-7(2)5-6(9)3-4-8-7;1-2/h6-10,16,32H,4-5,11-12H2,1-3H3;6,8-9H,3-5H2,1-2H3;1-2H3. The molecule has 3 aliphatic heterocycles. The Labute approximate surface area is 290 Å². The van der Waals surface area contributed by atoms with Crippen molar-refractivity contribution in [2.45, 2.75) is 97.1 Å². The number of aliphatic hydroxyl groups is 2. The number of carbonyl (C=O) groups excluding carboxylic acids is 1. The highest BCUT2D eigenvalue weighted by Crippen LogP contribution is 2.45. The zero-order valence-electron chi connectivity index (χ0n) is 27.6. The van der Waals surface area contributed by atoms with Gasteiger partial charge in [-0.15, -0.1) is 0 Å². The average molecular weight is 741 g/mol. The molecule has 3 N–H and O–H groups in total. The molecule has 2 atom stereocenters. The molecular weight excluding hydrogens is 695 g/mol. The zero-order valence-corrected chi connectivity index (χ0v) is 30.7. The van der Waals surface area contributed by atoms with Gasteiger partial charge in [0.1, 0.15) is 18.1 Å². The van der Waals surface area contributed by atoms with Crippen LogP contribution in [0.1, 0.15) is 83.3 Å². The van der Waals surface area contributed by atoms with E-state index < -0.39 is 11.6 Å². The quantitative estimate of drug-likeness (QED) is 0.257. The number of hydrogen-bond acceptors (Lipinski definition) is 7. The summed E-state index contributed by atoms with van der Waals surface area (Å²) in [6.45, 7) is 13.7. The fourth-order valence-electron chi connectivity index (χ4n) is 6.24. The minimum Gasteiger partial charge on any atom is -0.495 e. The summed E-state index contributed by atoms with van der Waals surface area (Å²) in [4.78, 5) is 15.7. The molecule has 46 heavy (non-hydrogen) atoms. The Balaban J connectivity index is 0.000000374. The van der Waals surface area contributed by atoms with E-state index in [-0.39, 0.29) is 24.2 Å². The molecule has 0 saturated carbocycles. The second kappa shape index (κ2) is 14.8. The highest BCUT2D eigenvalue weighted by Gasteiger charge is 2.41. The Hall–Kier alpha value is -2.34. The molecule has 0 aliphatic carbocycles. The number of methoxy groups -OCH3 is 1. The summed E-state index contributed by atoms with van der Waals surface area (Å²) in [5.41, 5.74) is 2.73. The summed E-state index contributed by atoms with van der Waals surface area (Å²) in [5, 5.41) is 28.4. The minimum absolute atomic E-state index is 0.0822. The Kier molecular flexibility index (Phi) is 11.8. The van der Waals surface area contributed by atoms with Crippen LogP contribution >= 0.6 is 39.1 Å². The maximum absolute atomic E-state index is 13.9. The van der Waals surface area contributed by atoms with Crippen molar-refractivity contribution in [2.24, 2.45) is 0 Å². The molecule has 2 fully saturated rings. The van der Waals surface area contributed by atoms with E-state index in [1.807, 2.05) is 33.8 Å². The fraction of sp³-hybridized carbons (Fsp3) is 0.529. The van der Waals surface area contributed by atoms with Crippen molar-refractivity contribution in [2.75, 3.05) is 20.2 Å². The van der Waals surface area contributed by atoms with Gasteiger partial charge in [-0.05, 0) is 100 Å². The van der Waals surface area contributed by atoms with Gasteiger partial charge in [-0.25, -0.2) is 4.68 Å². The summed E-state index contributed by atoms with van der Waals surface area (Å²) in [7, 11) is 1.59.